The van der Waals surface area contributed by atoms with Gasteiger partial charge in [0.05, 0.1) is 6.42 Å². The van der Waals surface area contributed by atoms with Crippen LogP contribution in [0.3, 0.4) is 0 Å². The Morgan fingerprint density at radius 2 is 2.38 bits per heavy atom. The van der Waals surface area contributed by atoms with Gasteiger partial charge in [-0.25, -0.2) is 9.37 Å². The highest BCUT2D eigenvalue weighted by molar-refractivity contribution is 5.69. The van der Waals surface area contributed by atoms with Crippen molar-refractivity contribution in [2.45, 2.75) is 25.9 Å². The maximum Gasteiger partial charge on any atom is 0.309 e. The van der Waals surface area contributed by atoms with Crippen molar-refractivity contribution >= 4 is 5.97 Å². The first-order chi connectivity index (χ1) is 5.89. The van der Waals surface area contributed by atoms with E-state index in [1.54, 1.807) is 0 Å². The fourth-order valence-electron chi connectivity index (χ4n) is 0.914. The molecule has 0 unspecified atom stereocenters. The van der Waals surface area contributed by atoms with Crippen LogP contribution in [0, 0.1) is 0 Å². The molecule has 13 heavy (non-hydrogen) atoms. The number of rotatable bonds is 3. The molecule has 0 saturated heterocycles. The molecule has 0 aliphatic carbocycles. The summed E-state index contributed by atoms with van der Waals surface area (Å²) in [5.41, 5.74) is -1.15. The third kappa shape index (κ3) is 2.54. The van der Waals surface area contributed by atoms with Crippen molar-refractivity contribution in [1.82, 2.24) is 9.97 Å². The van der Waals surface area contributed by atoms with Crippen molar-refractivity contribution in [3.8, 4) is 0 Å². The molecule has 5 heteroatoms. The first-order valence-electron chi connectivity index (χ1n) is 3.84. The van der Waals surface area contributed by atoms with E-state index in [0.717, 1.165) is 0 Å². The molecule has 0 fully saturated rings. The molecular weight excluding hydrogens is 175 g/mol. The molecule has 0 amide bonds. The van der Waals surface area contributed by atoms with Crippen molar-refractivity contribution in [3.63, 3.8) is 0 Å². The number of aromatic amines is 1. The molecule has 1 heterocycles. The van der Waals surface area contributed by atoms with E-state index < -0.39 is 11.6 Å². The van der Waals surface area contributed by atoms with Crippen molar-refractivity contribution in [3.05, 3.63) is 17.7 Å². The highest BCUT2D eigenvalue weighted by Gasteiger charge is 2.22. The number of nitrogens with zero attached hydrogens (tertiary/aromatic N) is 1. The Labute approximate surface area is 74.8 Å². The third-order valence-electron chi connectivity index (χ3n) is 1.53. The molecule has 0 aliphatic heterocycles. The molecule has 0 aliphatic rings. The van der Waals surface area contributed by atoms with Crippen LogP contribution in [0.2, 0.25) is 0 Å². The van der Waals surface area contributed by atoms with E-state index in [-0.39, 0.29) is 12.2 Å². The first-order valence-corrected chi connectivity index (χ1v) is 3.84. The van der Waals surface area contributed by atoms with Crippen LogP contribution in [0.1, 0.15) is 25.4 Å². The SMILES string of the molecule is CC(C)(F)c1ncc(CC(=O)O)[nH]1. The van der Waals surface area contributed by atoms with Gasteiger partial charge >= 0.3 is 5.97 Å². The standard InChI is InChI=1S/C8H11FN2O2/c1-8(2,9)7-10-4-5(11-7)3-6(12)13/h4H,3H2,1-2H3,(H,10,11)(H,12,13). The minimum Gasteiger partial charge on any atom is -0.481 e. The lowest BCUT2D eigenvalue weighted by Gasteiger charge is -2.09. The van der Waals surface area contributed by atoms with Crippen LogP contribution in [0.15, 0.2) is 6.20 Å². The number of H-pyrrole nitrogens is 1. The van der Waals surface area contributed by atoms with Gasteiger partial charge in [0, 0.05) is 11.9 Å². The second kappa shape index (κ2) is 3.16. The average Bonchev–Trinajstić information content (AvgIpc) is 2.32. The summed E-state index contributed by atoms with van der Waals surface area (Å²) < 4.78 is 13.2. The monoisotopic (exact) mass is 186 g/mol. The number of halogens is 1. The Kier molecular flexibility index (Phi) is 2.36. The van der Waals surface area contributed by atoms with Gasteiger partial charge in [-0.15, -0.1) is 0 Å². The topological polar surface area (TPSA) is 66.0 Å². The first kappa shape index (κ1) is 9.70. The van der Waals surface area contributed by atoms with Gasteiger partial charge in [-0.05, 0) is 13.8 Å². The van der Waals surface area contributed by atoms with Crippen molar-refractivity contribution in [1.29, 1.82) is 0 Å². The predicted molar refractivity (Wildman–Crippen MR) is 44.1 cm³/mol. The molecule has 0 bridgehead atoms. The van der Waals surface area contributed by atoms with Crippen LogP contribution in [-0.4, -0.2) is 21.0 Å². The zero-order chi connectivity index (χ0) is 10.1. The minimum absolute atomic E-state index is 0.156. The maximum absolute atomic E-state index is 13.2. The highest BCUT2D eigenvalue weighted by atomic mass is 19.1. The summed E-state index contributed by atoms with van der Waals surface area (Å²) in [5.74, 6) is -0.810. The van der Waals surface area contributed by atoms with Gasteiger partial charge in [-0.3, -0.25) is 4.79 Å². The van der Waals surface area contributed by atoms with Crippen molar-refractivity contribution < 1.29 is 14.3 Å². The number of imidazole rings is 1. The van der Waals surface area contributed by atoms with Crippen LogP contribution in [0.4, 0.5) is 4.39 Å². The molecule has 2 N–H and O–H groups in total. The molecule has 4 nitrogen and oxygen atoms in total. The number of hydrogen-bond acceptors (Lipinski definition) is 2. The van der Waals surface area contributed by atoms with E-state index in [0.29, 0.717) is 5.69 Å². The number of carbonyl (C=O) groups is 1. The lowest BCUT2D eigenvalue weighted by atomic mass is 10.2. The van der Waals surface area contributed by atoms with E-state index in [4.69, 9.17) is 5.11 Å². The van der Waals surface area contributed by atoms with Gasteiger partial charge in [-0.2, -0.15) is 0 Å². The normalized spacial score (nSPS) is 11.6. The molecule has 1 rings (SSSR count). The number of carboxylic acids is 1. The molecule has 1 aromatic heterocycles. The molecule has 0 spiro atoms. The second-order valence-electron chi connectivity index (χ2n) is 3.30. The fourth-order valence-corrected chi connectivity index (χ4v) is 0.914. The molecule has 0 radical (unpaired) electrons. The molecular formula is C8H11FN2O2. The van der Waals surface area contributed by atoms with E-state index in [1.807, 2.05) is 0 Å². The largest absolute Gasteiger partial charge is 0.481 e. The highest BCUT2D eigenvalue weighted by Crippen LogP contribution is 2.20. The van der Waals surface area contributed by atoms with Crippen molar-refractivity contribution in [2.24, 2.45) is 0 Å². The summed E-state index contributed by atoms with van der Waals surface area (Å²) in [4.78, 5) is 16.7. The number of hydrogen-bond donors (Lipinski definition) is 2. The van der Waals surface area contributed by atoms with Gasteiger partial charge in [0.15, 0.2) is 5.67 Å². The van der Waals surface area contributed by atoms with E-state index in [1.165, 1.54) is 20.0 Å². The summed E-state index contributed by atoms with van der Waals surface area (Å²) >= 11 is 0. The smallest absolute Gasteiger partial charge is 0.309 e. The molecule has 0 saturated carbocycles. The zero-order valence-corrected chi connectivity index (χ0v) is 7.47. The number of nitrogens with one attached hydrogen (secondary N) is 1. The third-order valence-corrected chi connectivity index (χ3v) is 1.53. The summed E-state index contributed by atoms with van der Waals surface area (Å²) in [7, 11) is 0. The quantitative estimate of drug-likeness (QED) is 0.746. The van der Waals surface area contributed by atoms with Gasteiger partial charge < -0.3 is 10.1 Å². The number of aliphatic carboxylic acids is 1. The minimum atomic E-state index is -1.56. The average molecular weight is 186 g/mol. The summed E-state index contributed by atoms with van der Waals surface area (Å²) in [6.45, 7) is 2.72. The summed E-state index contributed by atoms with van der Waals surface area (Å²) in [6.07, 6.45) is 1.17. The van der Waals surface area contributed by atoms with Gasteiger partial charge in [0.25, 0.3) is 0 Å². The summed E-state index contributed by atoms with van der Waals surface area (Å²) in [6, 6.07) is 0. The zero-order valence-electron chi connectivity index (χ0n) is 7.47. The predicted octanol–water partition coefficient (Wildman–Crippen LogP) is 1.24. The Bertz CT molecular complexity index is 314. The van der Waals surface area contributed by atoms with Crippen molar-refractivity contribution in [2.75, 3.05) is 0 Å². The van der Waals surface area contributed by atoms with E-state index >= 15 is 0 Å². The number of aromatic nitrogens is 2. The van der Waals surface area contributed by atoms with Gasteiger partial charge in [-0.1, -0.05) is 0 Å². The Morgan fingerprint density at radius 1 is 1.77 bits per heavy atom. The van der Waals surface area contributed by atoms with E-state index in [9.17, 15) is 9.18 Å². The Balaban J connectivity index is 2.81. The fraction of sp³-hybridized carbons (Fsp3) is 0.500. The summed E-state index contributed by atoms with van der Waals surface area (Å²) in [5, 5.41) is 8.44. The lowest BCUT2D eigenvalue weighted by Crippen LogP contribution is -2.11. The number of carboxylic acid groups (broad SMARTS) is 1. The van der Waals surface area contributed by atoms with E-state index in [2.05, 4.69) is 9.97 Å². The van der Waals surface area contributed by atoms with Crippen LogP contribution in [-0.2, 0) is 16.9 Å². The number of alkyl halides is 1. The van der Waals surface area contributed by atoms with Gasteiger partial charge in [0.1, 0.15) is 5.82 Å². The van der Waals surface area contributed by atoms with Gasteiger partial charge in [0.2, 0.25) is 0 Å². The maximum atomic E-state index is 13.2. The van der Waals surface area contributed by atoms with Crippen LogP contribution >= 0.6 is 0 Å². The molecule has 1 aromatic rings. The van der Waals surface area contributed by atoms with Crippen LogP contribution in [0.25, 0.3) is 0 Å². The Hall–Kier alpha value is -1.39. The molecule has 72 valence electrons. The lowest BCUT2D eigenvalue weighted by molar-refractivity contribution is -0.136. The molecule has 0 aromatic carbocycles. The molecule has 0 atom stereocenters. The van der Waals surface area contributed by atoms with Crippen LogP contribution in [0.5, 0.6) is 0 Å². The van der Waals surface area contributed by atoms with Crippen LogP contribution < -0.4 is 0 Å². The second-order valence-corrected chi connectivity index (χ2v) is 3.30. The Morgan fingerprint density at radius 3 is 2.77 bits per heavy atom.